The fraction of sp³-hybridized carbons (Fsp3) is 0.455. The number of benzene rings is 1. The molecule has 1 saturated heterocycles. The van der Waals surface area contributed by atoms with Crippen molar-refractivity contribution in [2.45, 2.75) is 46.2 Å². The van der Waals surface area contributed by atoms with Gasteiger partial charge in [-0.05, 0) is 49.4 Å². The number of hydrogen-bond acceptors (Lipinski definition) is 6. The molecule has 32 heavy (non-hydrogen) atoms. The highest BCUT2D eigenvalue weighted by molar-refractivity contribution is 7.22. The fourth-order valence-corrected chi connectivity index (χ4v) is 4.92. The summed E-state index contributed by atoms with van der Waals surface area (Å²) in [6.07, 6.45) is 2.70. The highest BCUT2D eigenvalue weighted by Gasteiger charge is 2.23. The maximum absolute atomic E-state index is 13.1. The number of hydrogen-bond donors (Lipinski definition) is 1. The third kappa shape index (κ3) is 4.45. The van der Waals surface area contributed by atoms with Crippen LogP contribution in [0, 0.1) is 11.7 Å². The number of amides is 1. The second-order valence-electron chi connectivity index (χ2n) is 8.20. The first-order valence-corrected chi connectivity index (χ1v) is 11.6. The van der Waals surface area contributed by atoms with E-state index in [0.29, 0.717) is 27.9 Å². The molecule has 0 saturated carbocycles. The molecule has 1 N–H and O–H groups in total. The Morgan fingerprint density at radius 2 is 1.88 bits per heavy atom. The third-order valence-corrected chi connectivity index (χ3v) is 6.78. The van der Waals surface area contributed by atoms with Crippen molar-refractivity contribution < 1.29 is 9.18 Å². The number of carbonyl (C=O) groups is 1. The Kier molecular flexibility index (Phi) is 6.40. The van der Waals surface area contributed by atoms with E-state index in [1.54, 1.807) is 0 Å². The van der Waals surface area contributed by atoms with Crippen molar-refractivity contribution in [1.29, 1.82) is 0 Å². The Hall–Kier alpha value is -3.01. The molecule has 0 radical (unpaired) electrons. The molecule has 0 aliphatic carbocycles. The minimum Gasteiger partial charge on any atom is -0.348 e. The maximum Gasteiger partial charge on any atom is 0.333 e. The third-order valence-electron chi connectivity index (χ3n) is 5.69. The average Bonchev–Trinajstić information content (AvgIpc) is 3.22. The molecule has 0 bridgehead atoms. The van der Waals surface area contributed by atoms with Crippen molar-refractivity contribution in [2.75, 3.05) is 23.3 Å². The quantitative estimate of drug-likeness (QED) is 0.612. The van der Waals surface area contributed by atoms with Gasteiger partial charge in [-0.15, -0.1) is 0 Å². The summed E-state index contributed by atoms with van der Waals surface area (Å²) in [7, 11) is 0. The number of carbonyl (C=O) groups excluding carboxylic acids is 1. The normalized spacial score (nSPS) is 14.8. The number of anilines is 2. The SMILES string of the molecule is CCCn1c(=O)c2sc(N3CCC(C)CC3)nc2n(CC(=O)Nc2ccc(F)cc2)c1=O. The van der Waals surface area contributed by atoms with Crippen molar-refractivity contribution in [2.24, 2.45) is 5.92 Å². The molecule has 4 rings (SSSR count). The van der Waals surface area contributed by atoms with E-state index in [9.17, 15) is 18.8 Å². The van der Waals surface area contributed by atoms with E-state index in [1.807, 2.05) is 6.92 Å². The van der Waals surface area contributed by atoms with Crippen LogP contribution in [0.1, 0.15) is 33.1 Å². The molecule has 0 atom stereocenters. The molecule has 1 fully saturated rings. The number of halogens is 1. The van der Waals surface area contributed by atoms with E-state index in [4.69, 9.17) is 0 Å². The number of nitrogens with zero attached hydrogens (tertiary/aromatic N) is 4. The van der Waals surface area contributed by atoms with Crippen molar-refractivity contribution in [3.05, 3.63) is 50.9 Å². The Balaban J connectivity index is 1.72. The van der Waals surface area contributed by atoms with Gasteiger partial charge >= 0.3 is 5.69 Å². The van der Waals surface area contributed by atoms with Gasteiger partial charge in [0.15, 0.2) is 10.8 Å². The fourth-order valence-electron chi connectivity index (χ4n) is 3.84. The summed E-state index contributed by atoms with van der Waals surface area (Å²) in [5.41, 5.74) is -0.261. The zero-order valence-electron chi connectivity index (χ0n) is 18.1. The zero-order valence-corrected chi connectivity index (χ0v) is 19.0. The van der Waals surface area contributed by atoms with Crippen molar-refractivity contribution in [3.63, 3.8) is 0 Å². The zero-order chi connectivity index (χ0) is 22.8. The smallest absolute Gasteiger partial charge is 0.333 e. The van der Waals surface area contributed by atoms with Crippen LogP contribution in [0.4, 0.5) is 15.2 Å². The molecule has 2 aromatic heterocycles. The highest BCUT2D eigenvalue weighted by atomic mass is 32.1. The maximum atomic E-state index is 13.1. The topological polar surface area (TPSA) is 89.2 Å². The molecule has 10 heteroatoms. The molecule has 3 heterocycles. The van der Waals surface area contributed by atoms with Crippen LogP contribution in [0.15, 0.2) is 33.9 Å². The number of fused-ring (bicyclic) bond motifs is 1. The minimum absolute atomic E-state index is 0.236. The Labute approximate surface area is 188 Å². The van der Waals surface area contributed by atoms with E-state index < -0.39 is 17.4 Å². The van der Waals surface area contributed by atoms with Gasteiger partial charge in [0.1, 0.15) is 17.1 Å². The van der Waals surface area contributed by atoms with Crippen LogP contribution >= 0.6 is 11.3 Å². The van der Waals surface area contributed by atoms with Gasteiger partial charge < -0.3 is 10.2 Å². The molecule has 1 aliphatic rings. The first-order chi connectivity index (χ1) is 15.4. The number of aromatic nitrogens is 3. The predicted molar refractivity (Wildman–Crippen MR) is 124 cm³/mol. The molecule has 0 spiro atoms. The largest absolute Gasteiger partial charge is 0.348 e. The Morgan fingerprint density at radius 3 is 2.53 bits per heavy atom. The summed E-state index contributed by atoms with van der Waals surface area (Å²) in [5.74, 6) is -0.214. The number of piperidine rings is 1. The van der Waals surface area contributed by atoms with E-state index in [2.05, 4.69) is 22.1 Å². The second-order valence-corrected chi connectivity index (χ2v) is 9.18. The second kappa shape index (κ2) is 9.23. The minimum atomic E-state index is -0.553. The lowest BCUT2D eigenvalue weighted by Gasteiger charge is -2.29. The standard InChI is InChI=1S/C22H26FN5O3S/c1-3-10-27-20(30)18-19(25-21(32-18)26-11-8-14(2)9-12-26)28(22(27)31)13-17(29)24-16-6-4-15(23)5-7-16/h4-7,14H,3,8-13H2,1-2H3,(H,24,29). The van der Waals surface area contributed by atoms with Gasteiger partial charge in [0.25, 0.3) is 5.56 Å². The number of rotatable bonds is 6. The molecule has 3 aromatic rings. The molecule has 8 nitrogen and oxygen atoms in total. The van der Waals surface area contributed by atoms with Gasteiger partial charge in [-0.25, -0.2) is 14.2 Å². The summed E-state index contributed by atoms with van der Waals surface area (Å²) in [5, 5.41) is 3.36. The highest BCUT2D eigenvalue weighted by Crippen LogP contribution is 2.29. The molecule has 170 valence electrons. The van der Waals surface area contributed by atoms with Gasteiger partial charge in [-0.1, -0.05) is 25.2 Å². The van der Waals surface area contributed by atoms with Crippen molar-refractivity contribution in [1.82, 2.24) is 14.1 Å². The number of thiazole rings is 1. The molecular formula is C22H26FN5O3S. The summed E-state index contributed by atoms with van der Waals surface area (Å²) in [4.78, 5) is 45.6. The predicted octanol–water partition coefficient (Wildman–Crippen LogP) is 3.04. The first-order valence-electron chi connectivity index (χ1n) is 10.8. The van der Waals surface area contributed by atoms with Crippen LogP contribution in [0.3, 0.4) is 0 Å². The van der Waals surface area contributed by atoms with E-state index in [1.165, 1.54) is 44.7 Å². The van der Waals surface area contributed by atoms with Crippen LogP contribution < -0.4 is 21.5 Å². The average molecular weight is 460 g/mol. The summed E-state index contributed by atoms with van der Waals surface area (Å²) >= 11 is 1.28. The van der Waals surface area contributed by atoms with Crippen LogP contribution in [-0.2, 0) is 17.9 Å². The van der Waals surface area contributed by atoms with Gasteiger partial charge in [0.2, 0.25) is 5.91 Å². The lowest BCUT2D eigenvalue weighted by molar-refractivity contribution is -0.116. The number of nitrogens with one attached hydrogen (secondary N) is 1. The van der Waals surface area contributed by atoms with Crippen LogP contribution in [-0.4, -0.2) is 33.1 Å². The van der Waals surface area contributed by atoms with Crippen LogP contribution in [0.5, 0.6) is 0 Å². The summed E-state index contributed by atoms with van der Waals surface area (Å²) in [6, 6.07) is 5.38. The first kappa shape index (κ1) is 22.2. The van der Waals surface area contributed by atoms with Crippen LogP contribution in [0.25, 0.3) is 10.3 Å². The lowest BCUT2D eigenvalue weighted by Crippen LogP contribution is -2.41. The van der Waals surface area contributed by atoms with Gasteiger partial charge in [0.05, 0.1) is 0 Å². The molecular weight excluding hydrogens is 433 g/mol. The van der Waals surface area contributed by atoms with Gasteiger partial charge in [0, 0.05) is 25.3 Å². The summed E-state index contributed by atoms with van der Waals surface area (Å²) < 4.78 is 15.9. The molecule has 0 unspecified atom stereocenters. The van der Waals surface area contributed by atoms with Crippen LogP contribution in [0.2, 0.25) is 0 Å². The lowest BCUT2D eigenvalue weighted by atomic mass is 10.00. The summed E-state index contributed by atoms with van der Waals surface area (Å²) in [6.45, 7) is 5.77. The Bertz CT molecular complexity index is 1240. The Morgan fingerprint density at radius 1 is 1.19 bits per heavy atom. The molecule has 1 amide bonds. The van der Waals surface area contributed by atoms with E-state index in [-0.39, 0.29) is 24.3 Å². The van der Waals surface area contributed by atoms with Gasteiger partial charge in [-0.2, -0.15) is 0 Å². The van der Waals surface area contributed by atoms with E-state index >= 15 is 0 Å². The molecule has 1 aromatic carbocycles. The van der Waals surface area contributed by atoms with Crippen molar-refractivity contribution >= 4 is 38.4 Å². The van der Waals surface area contributed by atoms with Crippen molar-refractivity contribution in [3.8, 4) is 0 Å². The molecule has 1 aliphatic heterocycles. The van der Waals surface area contributed by atoms with E-state index in [0.717, 1.165) is 25.9 Å². The van der Waals surface area contributed by atoms with Gasteiger partial charge in [-0.3, -0.25) is 18.7 Å². The monoisotopic (exact) mass is 459 g/mol.